The molecule has 0 aliphatic heterocycles. The van der Waals surface area contributed by atoms with Gasteiger partial charge in [0, 0.05) is 19.8 Å². The molecule has 0 aromatic carbocycles. The fourth-order valence-electron chi connectivity index (χ4n) is 3.68. The van der Waals surface area contributed by atoms with Crippen molar-refractivity contribution in [2.75, 3.05) is 20.3 Å². The van der Waals surface area contributed by atoms with Crippen LogP contribution in [0.3, 0.4) is 0 Å². The topological polar surface area (TPSA) is 21.3 Å². The minimum Gasteiger partial charge on any atom is -0.385 e. The zero-order valence-corrected chi connectivity index (χ0v) is 13.0. The van der Waals surface area contributed by atoms with Crippen LogP contribution in [0.15, 0.2) is 0 Å². The highest BCUT2D eigenvalue weighted by Crippen LogP contribution is 2.38. The predicted molar refractivity (Wildman–Crippen MR) is 81.4 cm³/mol. The van der Waals surface area contributed by atoms with Crippen molar-refractivity contribution in [3.05, 3.63) is 0 Å². The molecule has 0 heterocycles. The van der Waals surface area contributed by atoms with Gasteiger partial charge in [-0.3, -0.25) is 0 Å². The largest absolute Gasteiger partial charge is 0.385 e. The Balaban J connectivity index is 1.72. The lowest BCUT2D eigenvalue weighted by Gasteiger charge is -2.36. The third-order valence-electron chi connectivity index (χ3n) is 5.25. The van der Waals surface area contributed by atoms with Gasteiger partial charge in [0.1, 0.15) is 0 Å². The van der Waals surface area contributed by atoms with E-state index in [1.165, 1.54) is 64.3 Å². The van der Waals surface area contributed by atoms with Crippen molar-refractivity contribution in [3.63, 3.8) is 0 Å². The Morgan fingerprint density at radius 2 is 1.89 bits per heavy atom. The lowest BCUT2D eigenvalue weighted by molar-refractivity contribution is 0.150. The molecule has 19 heavy (non-hydrogen) atoms. The Morgan fingerprint density at radius 1 is 1.05 bits per heavy atom. The molecule has 0 amide bonds. The zero-order chi connectivity index (χ0) is 13.5. The lowest BCUT2D eigenvalue weighted by Crippen LogP contribution is -2.34. The molecule has 2 nitrogen and oxygen atoms in total. The highest BCUT2D eigenvalue weighted by atomic mass is 16.5. The lowest BCUT2D eigenvalue weighted by atomic mass is 9.71. The van der Waals surface area contributed by atoms with E-state index in [1.807, 2.05) is 7.11 Å². The summed E-state index contributed by atoms with van der Waals surface area (Å²) in [7, 11) is 1.82. The summed E-state index contributed by atoms with van der Waals surface area (Å²) < 4.78 is 5.18. The third-order valence-corrected chi connectivity index (χ3v) is 5.25. The standard InChI is InChI=1S/C17H33NO/c1-3-14-7-8-16(13-18-17-9-10-17)15(12-14)6-4-5-11-19-2/h14-18H,3-13H2,1-2H3. The van der Waals surface area contributed by atoms with Crippen molar-refractivity contribution in [2.45, 2.75) is 70.8 Å². The van der Waals surface area contributed by atoms with E-state index >= 15 is 0 Å². The van der Waals surface area contributed by atoms with Gasteiger partial charge < -0.3 is 10.1 Å². The van der Waals surface area contributed by atoms with Crippen LogP contribution >= 0.6 is 0 Å². The molecule has 112 valence electrons. The number of unbranched alkanes of at least 4 members (excludes halogenated alkanes) is 1. The summed E-state index contributed by atoms with van der Waals surface area (Å²) in [5, 5.41) is 3.77. The second-order valence-electron chi connectivity index (χ2n) is 6.78. The minimum absolute atomic E-state index is 0.873. The molecule has 2 fully saturated rings. The van der Waals surface area contributed by atoms with E-state index in [1.54, 1.807) is 0 Å². The van der Waals surface area contributed by atoms with Crippen LogP contribution in [0.1, 0.15) is 64.7 Å². The molecular weight excluding hydrogens is 234 g/mol. The van der Waals surface area contributed by atoms with Crippen LogP contribution in [0.25, 0.3) is 0 Å². The fourth-order valence-corrected chi connectivity index (χ4v) is 3.68. The monoisotopic (exact) mass is 267 g/mol. The zero-order valence-electron chi connectivity index (χ0n) is 13.0. The van der Waals surface area contributed by atoms with Crippen molar-refractivity contribution >= 4 is 0 Å². The Hall–Kier alpha value is -0.0800. The summed E-state index contributed by atoms with van der Waals surface area (Å²) in [4.78, 5) is 0. The third kappa shape index (κ3) is 5.43. The van der Waals surface area contributed by atoms with Gasteiger partial charge in [-0.2, -0.15) is 0 Å². The molecule has 0 aromatic rings. The van der Waals surface area contributed by atoms with Gasteiger partial charge in [0.2, 0.25) is 0 Å². The molecule has 0 spiro atoms. The number of hydrogen-bond acceptors (Lipinski definition) is 2. The van der Waals surface area contributed by atoms with Crippen LogP contribution in [0.5, 0.6) is 0 Å². The summed E-state index contributed by atoms with van der Waals surface area (Å²) in [5.41, 5.74) is 0. The summed E-state index contributed by atoms with van der Waals surface area (Å²) in [6.07, 6.45) is 12.7. The smallest absolute Gasteiger partial charge is 0.0462 e. The van der Waals surface area contributed by atoms with Gasteiger partial charge in [-0.25, -0.2) is 0 Å². The van der Waals surface area contributed by atoms with Gasteiger partial charge in [0.05, 0.1) is 0 Å². The highest BCUT2D eigenvalue weighted by molar-refractivity contribution is 4.86. The first-order valence-corrected chi connectivity index (χ1v) is 8.55. The van der Waals surface area contributed by atoms with E-state index in [4.69, 9.17) is 4.74 Å². The number of rotatable bonds is 9. The van der Waals surface area contributed by atoms with Crippen molar-refractivity contribution < 1.29 is 4.74 Å². The first-order chi connectivity index (χ1) is 9.33. The molecule has 2 saturated carbocycles. The second kappa shape index (κ2) is 8.26. The van der Waals surface area contributed by atoms with Crippen LogP contribution in [0.4, 0.5) is 0 Å². The average Bonchev–Trinajstić information content (AvgIpc) is 3.26. The van der Waals surface area contributed by atoms with Crippen molar-refractivity contribution in [1.29, 1.82) is 0 Å². The van der Waals surface area contributed by atoms with Gasteiger partial charge in [0.25, 0.3) is 0 Å². The number of ether oxygens (including phenoxy) is 1. The van der Waals surface area contributed by atoms with Crippen LogP contribution in [-0.4, -0.2) is 26.3 Å². The number of hydrogen-bond donors (Lipinski definition) is 1. The maximum Gasteiger partial charge on any atom is 0.0462 e. The summed E-state index contributed by atoms with van der Waals surface area (Å²) in [6.45, 7) is 4.60. The number of nitrogens with one attached hydrogen (secondary N) is 1. The van der Waals surface area contributed by atoms with Gasteiger partial charge in [-0.1, -0.05) is 32.6 Å². The van der Waals surface area contributed by atoms with E-state index in [0.29, 0.717) is 0 Å². The fraction of sp³-hybridized carbons (Fsp3) is 1.00. The van der Waals surface area contributed by atoms with E-state index in [0.717, 1.165) is 30.4 Å². The van der Waals surface area contributed by atoms with Crippen molar-refractivity contribution in [1.82, 2.24) is 5.32 Å². The van der Waals surface area contributed by atoms with E-state index in [-0.39, 0.29) is 0 Å². The SMILES string of the molecule is CCC1CCC(CNC2CC2)C(CCCCOC)C1. The number of methoxy groups -OCH3 is 1. The van der Waals surface area contributed by atoms with E-state index < -0.39 is 0 Å². The predicted octanol–water partition coefficient (Wildman–Crippen LogP) is 4.00. The summed E-state index contributed by atoms with van der Waals surface area (Å²) >= 11 is 0. The minimum atomic E-state index is 0.873. The van der Waals surface area contributed by atoms with Crippen molar-refractivity contribution in [3.8, 4) is 0 Å². The maximum absolute atomic E-state index is 5.18. The van der Waals surface area contributed by atoms with Gasteiger partial charge in [-0.05, 0) is 56.4 Å². The first-order valence-electron chi connectivity index (χ1n) is 8.55. The Morgan fingerprint density at radius 3 is 2.58 bits per heavy atom. The molecule has 3 atom stereocenters. The van der Waals surface area contributed by atoms with Crippen LogP contribution in [-0.2, 0) is 4.74 Å². The van der Waals surface area contributed by atoms with E-state index in [2.05, 4.69) is 12.2 Å². The molecule has 2 aliphatic rings. The molecule has 2 rings (SSSR count). The van der Waals surface area contributed by atoms with Gasteiger partial charge >= 0.3 is 0 Å². The summed E-state index contributed by atoms with van der Waals surface area (Å²) in [6, 6.07) is 0.873. The normalized spacial score (nSPS) is 31.6. The van der Waals surface area contributed by atoms with Crippen LogP contribution < -0.4 is 5.32 Å². The molecule has 2 heteroatoms. The summed E-state index contributed by atoms with van der Waals surface area (Å²) in [5.74, 6) is 2.93. The molecule has 0 bridgehead atoms. The molecule has 2 aliphatic carbocycles. The van der Waals surface area contributed by atoms with Crippen LogP contribution in [0, 0.1) is 17.8 Å². The Labute approximate surface area is 119 Å². The first kappa shape index (κ1) is 15.3. The molecule has 0 saturated heterocycles. The Bertz CT molecular complexity index is 239. The van der Waals surface area contributed by atoms with Crippen molar-refractivity contribution in [2.24, 2.45) is 17.8 Å². The average molecular weight is 267 g/mol. The molecule has 0 radical (unpaired) electrons. The quantitative estimate of drug-likeness (QED) is 0.638. The molecule has 0 aromatic heterocycles. The second-order valence-corrected chi connectivity index (χ2v) is 6.78. The highest BCUT2D eigenvalue weighted by Gasteiger charge is 2.30. The van der Waals surface area contributed by atoms with E-state index in [9.17, 15) is 0 Å². The van der Waals surface area contributed by atoms with Gasteiger partial charge in [-0.15, -0.1) is 0 Å². The Kier molecular flexibility index (Phi) is 6.66. The molecular formula is C17H33NO. The van der Waals surface area contributed by atoms with Gasteiger partial charge in [0.15, 0.2) is 0 Å². The maximum atomic E-state index is 5.18. The molecule has 3 unspecified atom stereocenters. The van der Waals surface area contributed by atoms with Crippen LogP contribution in [0.2, 0.25) is 0 Å². The molecule has 1 N–H and O–H groups in total.